The van der Waals surface area contributed by atoms with Crippen molar-refractivity contribution < 1.29 is 22.8 Å². The molecule has 0 atom stereocenters. The summed E-state index contributed by atoms with van der Waals surface area (Å²) in [7, 11) is 0. The topological polar surface area (TPSA) is 73.8 Å². The van der Waals surface area contributed by atoms with Gasteiger partial charge in [0, 0.05) is 24.5 Å². The second-order valence-corrected chi connectivity index (χ2v) is 5.99. The second kappa shape index (κ2) is 9.72. The summed E-state index contributed by atoms with van der Waals surface area (Å²) in [6, 6.07) is 11.3. The summed E-state index contributed by atoms with van der Waals surface area (Å²) in [6.07, 6.45) is -3.09. The van der Waals surface area contributed by atoms with E-state index in [0.717, 1.165) is 48.6 Å². The van der Waals surface area contributed by atoms with E-state index in [9.17, 15) is 22.8 Å². The van der Waals surface area contributed by atoms with Gasteiger partial charge in [-0.2, -0.15) is 18.3 Å². The highest BCUT2D eigenvalue weighted by atomic mass is 19.4. The molecule has 29 heavy (non-hydrogen) atoms. The lowest BCUT2D eigenvalue weighted by Gasteiger charge is -2.20. The maximum Gasteiger partial charge on any atom is 0.416 e. The first-order chi connectivity index (χ1) is 13.7. The van der Waals surface area contributed by atoms with E-state index in [1.165, 1.54) is 6.21 Å². The van der Waals surface area contributed by atoms with Gasteiger partial charge in [-0.3, -0.25) is 9.59 Å². The van der Waals surface area contributed by atoms with Crippen molar-refractivity contribution in [1.82, 2.24) is 5.43 Å². The summed E-state index contributed by atoms with van der Waals surface area (Å²) >= 11 is 0. The minimum atomic E-state index is -4.47. The summed E-state index contributed by atoms with van der Waals surface area (Å²) in [6.45, 7) is 5.89. The molecule has 2 aromatic carbocycles. The van der Waals surface area contributed by atoms with Gasteiger partial charge in [-0.05, 0) is 55.8 Å². The molecule has 0 radical (unpaired) electrons. The van der Waals surface area contributed by atoms with Gasteiger partial charge in [0.1, 0.15) is 0 Å². The van der Waals surface area contributed by atoms with Crippen molar-refractivity contribution in [2.24, 2.45) is 5.10 Å². The molecule has 0 aliphatic carbocycles. The quantitative estimate of drug-likeness (QED) is 0.437. The van der Waals surface area contributed by atoms with Crippen molar-refractivity contribution in [3.63, 3.8) is 0 Å². The predicted octanol–water partition coefficient (Wildman–Crippen LogP) is 3.64. The number of anilines is 2. The number of benzene rings is 2. The smallest absolute Gasteiger partial charge is 0.372 e. The van der Waals surface area contributed by atoms with Gasteiger partial charge in [-0.1, -0.05) is 12.1 Å². The molecule has 2 amide bonds. The van der Waals surface area contributed by atoms with E-state index in [0.29, 0.717) is 0 Å². The third kappa shape index (κ3) is 6.34. The molecule has 2 aromatic rings. The zero-order valence-electron chi connectivity index (χ0n) is 16.0. The van der Waals surface area contributed by atoms with Crippen LogP contribution in [0, 0.1) is 0 Å². The number of nitrogens with zero attached hydrogens (tertiary/aromatic N) is 2. The standard InChI is InChI=1S/C20H21F3N4O2/c1-3-27(4-2)17-11-5-14(6-12-17)13-24-26-19(29)18(28)25-16-9-7-15(8-10-16)20(21,22)23/h5-13H,3-4H2,1-2H3,(H,25,28)(H,26,29)/b24-13+. The summed E-state index contributed by atoms with van der Waals surface area (Å²) in [5.74, 6) is -2.08. The minimum Gasteiger partial charge on any atom is -0.372 e. The van der Waals surface area contributed by atoms with E-state index in [2.05, 4.69) is 34.6 Å². The number of carbonyl (C=O) groups is 2. The molecule has 6 nitrogen and oxygen atoms in total. The molecule has 154 valence electrons. The highest BCUT2D eigenvalue weighted by molar-refractivity contribution is 6.39. The number of carbonyl (C=O) groups excluding carboxylic acids is 2. The zero-order chi connectivity index (χ0) is 21.4. The molecule has 0 unspecified atom stereocenters. The first-order valence-electron chi connectivity index (χ1n) is 8.91. The van der Waals surface area contributed by atoms with Gasteiger partial charge in [0.25, 0.3) is 0 Å². The van der Waals surface area contributed by atoms with Crippen LogP contribution in [0.1, 0.15) is 25.0 Å². The summed E-state index contributed by atoms with van der Waals surface area (Å²) in [5.41, 5.74) is 3.08. The lowest BCUT2D eigenvalue weighted by atomic mass is 10.2. The Morgan fingerprint density at radius 1 is 0.966 bits per heavy atom. The van der Waals surface area contributed by atoms with E-state index in [1.54, 1.807) is 0 Å². The highest BCUT2D eigenvalue weighted by Gasteiger charge is 2.30. The van der Waals surface area contributed by atoms with Crippen molar-refractivity contribution in [3.8, 4) is 0 Å². The van der Waals surface area contributed by atoms with Crippen LogP contribution in [0.15, 0.2) is 53.6 Å². The largest absolute Gasteiger partial charge is 0.416 e. The molecular formula is C20H21F3N4O2. The Hall–Kier alpha value is -3.36. The fourth-order valence-electron chi connectivity index (χ4n) is 2.51. The van der Waals surface area contributed by atoms with Crippen LogP contribution in [0.25, 0.3) is 0 Å². The Balaban J connectivity index is 1.89. The molecule has 0 spiro atoms. The van der Waals surface area contributed by atoms with Crippen LogP contribution < -0.4 is 15.6 Å². The van der Waals surface area contributed by atoms with Gasteiger partial charge in [0.2, 0.25) is 0 Å². The number of hydrogen-bond donors (Lipinski definition) is 2. The van der Waals surface area contributed by atoms with Crippen LogP contribution in [0.5, 0.6) is 0 Å². The number of hydrazone groups is 1. The minimum absolute atomic E-state index is 0.0640. The molecule has 2 rings (SSSR count). The van der Waals surface area contributed by atoms with E-state index in [4.69, 9.17) is 0 Å². The first kappa shape index (κ1) is 21.9. The summed E-state index contributed by atoms with van der Waals surface area (Å²) < 4.78 is 37.6. The highest BCUT2D eigenvalue weighted by Crippen LogP contribution is 2.29. The Labute approximate surface area is 166 Å². The normalized spacial score (nSPS) is 11.3. The number of nitrogens with one attached hydrogen (secondary N) is 2. The van der Waals surface area contributed by atoms with Crippen LogP contribution >= 0.6 is 0 Å². The molecule has 0 aliphatic rings. The number of alkyl halides is 3. The van der Waals surface area contributed by atoms with Gasteiger partial charge in [0.15, 0.2) is 0 Å². The first-order valence-corrected chi connectivity index (χ1v) is 8.91. The van der Waals surface area contributed by atoms with Crippen molar-refractivity contribution in [1.29, 1.82) is 0 Å². The number of amides is 2. The molecule has 2 N–H and O–H groups in total. The molecule has 9 heteroatoms. The Morgan fingerprint density at radius 3 is 2.07 bits per heavy atom. The number of halogens is 3. The van der Waals surface area contributed by atoms with Gasteiger partial charge in [-0.25, -0.2) is 5.43 Å². The van der Waals surface area contributed by atoms with E-state index in [1.807, 2.05) is 24.3 Å². The van der Waals surface area contributed by atoms with Crippen molar-refractivity contribution >= 4 is 29.4 Å². The zero-order valence-corrected chi connectivity index (χ0v) is 16.0. The van der Waals surface area contributed by atoms with Crippen molar-refractivity contribution in [2.75, 3.05) is 23.3 Å². The summed E-state index contributed by atoms with van der Waals surface area (Å²) in [5, 5.41) is 5.92. The monoisotopic (exact) mass is 406 g/mol. The molecular weight excluding hydrogens is 385 g/mol. The lowest BCUT2D eigenvalue weighted by molar-refractivity contribution is -0.137. The van der Waals surface area contributed by atoms with Gasteiger partial charge < -0.3 is 10.2 Å². The average molecular weight is 406 g/mol. The third-order valence-corrected chi connectivity index (χ3v) is 4.08. The van der Waals surface area contributed by atoms with Crippen LogP contribution in [0.2, 0.25) is 0 Å². The number of rotatable bonds is 6. The van der Waals surface area contributed by atoms with Crippen LogP contribution in [0.3, 0.4) is 0 Å². The Kier molecular flexibility index (Phi) is 7.35. The van der Waals surface area contributed by atoms with E-state index in [-0.39, 0.29) is 5.69 Å². The summed E-state index contributed by atoms with van der Waals surface area (Å²) in [4.78, 5) is 25.7. The molecule has 0 aromatic heterocycles. The van der Waals surface area contributed by atoms with E-state index >= 15 is 0 Å². The van der Waals surface area contributed by atoms with Gasteiger partial charge in [0.05, 0.1) is 11.8 Å². The average Bonchev–Trinajstić information content (AvgIpc) is 2.69. The molecule has 0 aliphatic heterocycles. The Bertz CT molecular complexity index is 859. The molecule has 0 saturated carbocycles. The maximum atomic E-state index is 12.5. The SMILES string of the molecule is CCN(CC)c1ccc(/C=N/NC(=O)C(=O)Nc2ccc(C(F)(F)F)cc2)cc1. The van der Waals surface area contributed by atoms with Crippen LogP contribution in [-0.4, -0.2) is 31.1 Å². The van der Waals surface area contributed by atoms with Crippen LogP contribution in [0.4, 0.5) is 24.5 Å². The maximum absolute atomic E-state index is 12.5. The lowest BCUT2D eigenvalue weighted by Crippen LogP contribution is -2.32. The van der Waals surface area contributed by atoms with Crippen molar-refractivity contribution in [2.45, 2.75) is 20.0 Å². The van der Waals surface area contributed by atoms with Crippen molar-refractivity contribution in [3.05, 3.63) is 59.7 Å². The molecule has 0 heterocycles. The number of hydrogen-bond acceptors (Lipinski definition) is 4. The third-order valence-electron chi connectivity index (χ3n) is 4.08. The van der Waals surface area contributed by atoms with E-state index < -0.39 is 23.6 Å². The van der Waals surface area contributed by atoms with Crippen LogP contribution in [-0.2, 0) is 15.8 Å². The molecule has 0 saturated heterocycles. The van der Waals surface area contributed by atoms with Gasteiger partial charge in [-0.15, -0.1) is 0 Å². The molecule has 0 fully saturated rings. The Morgan fingerprint density at radius 2 is 1.55 bits per heavy atom. The van der Waals surface area contributed by atoms with Gasteiger partial charge >= 0.3 is 18.0 Å². The fourth-order valence-corrected chi connectivity index (χ4v) is 2.51. The fraction of sp³-hybridized carbons (Fsp3) is 0.250. The predicted molar refractivity (Wildman–Crippen MR) is 106 cm³/mol. The molecule has 0 bridgehead atoms. The second-order valence-electron chi connectivity index (χ2n) is 5.99.